The van der Waals surface area contributed by atoms with E-state index in [1.165, 1.54) is 0 Å². The molecule has 1 aliphatic rings. The van der Waals surface area contributed by atoms with Gasteiger partial charge in [-0.25, -0.2) is 0 Å². The Hall–Kier alpha value is -0.790. The summed E-state index contributed by atoms with van der Waals surface area (Å²) in [5.74, 6) is -0.00893. The molecule has 0 aliphatic carbocycles. The lowest BCUT2D eigenvalue weighted by molar-refractivity contribution is -0.154. The van der Waals surface area contributed by atoms with Gasteiger partial charge >= 0.3 is 5.97 Å². The SMILES string of the molecule is CCC=CCCCC1CCCC(=O)O1. The standard InChI is InChI=1S/C12H20O2/c1-2-3-4-5-6-8-11-9-7-10-12(13)14-11/h3-4,11H,2,5-10H2,1H3. The second-order valence-corrected chi connectivity index (χ2v) is 3.81. The third-order valence-corrected chi connectivity index (χ3v) is 2.50. The van der Waals surface area contributed by atoms with Crippen LogP contribution in [0.1, 0.15) is 51.9 Å². The van der Waals surface area contributed by atoms with Crippen molar-refractivity contribution in [2.24, 2.45) is 0 Å². The number of hydrogen-bond donors (Lipinski definition) is 0. The molecule has 0 saturated carbocycles. The molecular formula is C12H20O2. The lowest BCUT2D eigenvalue weighted by Crippen LogP contribution is -2.23. The molecule has 0 aromatic carbocycles. The minimum atomic E-state index is -0.00893. The van der Waals surface area contributed by atoms with Crippen LogP contribution in [0.3, 0.4) is 0 Å². The van der Waals surface area contributed by atoms with E-state index < -0.39 is 0 Å². The van der Waals surface area contributed by atoms with Gasteiger partial charge in [0.1, 0.15) is 6.10 Å². The molecule has 1 heterocycles. The van der Waals surface area contributed by atoms with Gasteiger partial charge in [0.25, 0.3) is 0 Å². The van der Waals surface area contributed by atoms with Crippen molar-refractivity contribution in [3.05, 3.63) is 12.2 Å². The van der Waals surface area contributed by atoms with Gasteiger partial charge < -0.3 is 4.74 Å². The molecular weight excluding hydrogens is 176 g/mol. The van der Waals surface area contributed by atoms with Crippen LogP contribution in [0.15, 0.2) is 12.2 Å². The van der Waals surface area contributed by atoms with Gasteiger partial charge in [-0.1, -0.05) is 19.1 Å². The lowest BCUT2D eigenvalue weighted by atomic mass is 10.0. The molecule has 1 rings (SSSR count). The summed E-state index contributed by atoms with van der Waals surface area (Å²) in [5, 5.41) is 0. The fourth-order valence-electron chi connectivity index (χ4n) is 1.73. The van der Waals surface area contributed by atoms with E-state index in [0.29, 0.717) is 6.42 Å². The molecule has 0 spiro atoms. The molecule has 14 heavy (non-hydrogen) atoms. The average molecular weight is 196 g/mol. The van der Waals surface area contributed by atoms with Gasteiger partial charge in [-0.05, 0) is 38.5 Å². The largest absolute Gasteiger partial charge is 0.462 e. The number of carbonyl (C=O) groups is 1. The first-order chi connectivity index (χ1) is 6.83. The van der Waals surface area contributed by atoms with Crippen LogP contribution in [0.2, 0.25) is 0 Å². The van der Waals surface area contributed by atoms with Gasteiger partial charge in [-0.15, -0.1) is 0 Å². The molecule has 2 heteroatoms. The smallest absolute Gasteiger partial charge is 0.306 e. The van der Waals surface area contributed by atoms with Crippen LogP contribution >= 0.6 is 0 Å². The summed E-state index contributed by atoms with van der Waals surface area (Å²) in [5.41, 5.74) is 0. The average Bonchev–Trinajstić information content (AvgIpc) is 2.18. The molecule has 0 N–H and O–H groups in total. The predicted octanol–water partition coefficient (Wildman–Crippen LogP) is 3.22. The Bertz CT molecular complexity index is 196. The van der Waals surface area contributed by atoms with Crippen LogP contribution in [0.4, 0.5) is 0 Å². The van der Waals surface area contributed by atoms with Crippen molar-refractivity contribution < 1.29 is 9.53 Å². The maximum Gasteiger partial charge on any atom is 0.306 e. The third-order valence-electron chi connectivity index (χ3n) is 2.50. The molecule has 0 radical (unpaired) electrons. The lowest BCUT2D eigenvalue weighted by Gasteiger charge is -2.21. The highest BCUT2D eigenvalue weighted by Gasteiger charge is 2.19. The van der Waals surface area contributed by atoms with Crippen molar-refractivity contribution in [3.63, 3.8) is 0 Å². The van der Waals surface area contributed by atoms with Gasteiger partial charge in [-0.3, -0.25) is 4.79 Å². The van der Waals surface area contributed by atoms with Gasteiger partial charge in [-0.2, -0.15) is 0 Å². The first kappa shape index (κ1) is 11.3. The Morgan fingerprint density at radius 2 is 2.36 bits per heavy atom. The molecule has 80 valence electrons. The van der Waals surface area contributed by atoms with Crippen molar-refractivity contribution in [3.8, 4) is 0 Å². The summed E-state index contributed by atoms with van der Waals surface area (Å²) >= 11 is 0. The van der Waals surface area contributed by atoms with Gasteiger partial charge in [0.2, 0.25) is 0 Å². The number of carbonyl (C=O) groups excluding carboxylic acids is 1. The van der Waals surface area contributed by atoms with Crippen LogP contribution in [0, 0.1) is 0 Å². The van der Waals surface area contributed by atoms with Gasteiger partial charge in [0.15, 0.2) is 0 Å². The van der Waals surface area contributed by atoms with Crippen LogP contribution in [-0.4, -0.2) is 12.1 Å². The number of cyclic esters (lactones) is 1. The fourth-order valence-corrected chi connectivity index (χ4v) is 1.73. The summed E-state index contributed by atoms with van der Waals surface area (Å²) in [6.07, 6.45) is 11.7. The predicted molar refractivity (Wildman–Crippen MR) is 57.0 cm³/mol. The van der Waals surface area contributed by atoms with E-state index in [2.05, 4.69) is 19.1 Å². The highest BCUT2D eigenvalue weighted by molar-refractivity contribution is 5.70. The highest BCUT2D eigenvalue weighted by Crippen LogP contribution is 2.18. The number of ether oxygens (including phenoxy) is 1. The Kier molecular flexibility index (Phi) is 5.35. The summed E-state index contributed by atoms with van der Waals surface area (Å²) < 4.78 is 5.23. The zero-order valence-electron chi connectivity index (χ0n) is 9.00. The third kappa shape index (κ3) is 4.45. The Labute approximate surface area is 86.3 Å². The van der Waals surface area contributed by atoms with Crippen LogP contribution in [0.5, 0.6) is 0 Å². The summed E-state index contributed by atoms with van der Waals surface area (Å²) in [6, 6.07) is 0. The zero-order valence-corrected chi connectivity index (χ0v) is 9.00. The molecule has 1 fully saturated rings. The number of unbranched alkanes of at least 4 members (excludes halogenated alkanes) is 1. The summed E-state index contributed by atoms with van der Waals surface area (Å²) in [4.78, 5) is 11.0. The monoisotopic (exact) mass is 196 g/mol. The Morgan fingerprint density at radius 3 is 3.07 bits per heavy atom. The molecule has 1 atom stereocenters. The van der Waals surface area contributed by atoms with Gasteiger partial charge in [0.05, 0.1) is 0 Å². The molecule has 0 amide bonds. The van der Waals surface area contributed by atoms with E-state index in [1.54, 1.807) is 0 Å². The Morgan fingerprint density at radius 1 is 1.50 bits per heavy atom. The van der Waals surface area contributed by atoms with Crippen molar-refractivity contribution in [1.29, 1.82) is 0 Å². The molecule has 0 aromatic rings. The van der Waals surface area contributed by atoms with E-state index in [1.807, 2.05) is 0 Å². The number of allylic oxidation sites excluding steroid dienone is 2. The van der Waals surface area contributed by atoms with Gasteiger partial charge in [0, 0.05) is 6.42 Å². The topological polar surface area (TPSA) is 26.3 Å². The molecule has 1 aliphatic heterocycles. The van der Waals surface area contributed by atoms with Crippen molar-refractivity contribution >= 4 is 5.97 Å². The summed E-state index contributed by atoms with van der Waals surface area (Å²) in [6.45, 7) is 2.14. The first-order valence-electron chi connectivity index (χ1n) is 5.67. The number of rotatable bonds is 5. The van der Waals surface area contributed by atoms with Crippen molar-refractivity contribution in [1.82, 2.24) is 0 Å². The van der Waals surface area contributed by atoms with E-state index in [-0.39, 0.29) is 12.1 Å². The van der Waals surface area contributed by atoms with Crippen LogP contribution in [-0.2, 0) is 9.53 Å². The second kappa shape index (κ2) is 6.63. The van der Waals surface area contributed by atoms with Crippen LogP contribution in [0.25, 0.3) is 0 Å². The number of esters is 1. The van der Waals surface area contributed by atoms with Crippen molar-refractivity contribution in [2.45, 2.75) is 58.0 Å². The molecule has 1 unspecified atom stereocenters. The second-order valence-electron chi connectivity index (χ2n) is 3.81. The molecule has 2 nitrogen and oxygen atoms in total. The van der Waals surface area contributed by atoms with E-state index in [4.69, 9.17) is 4.74 Å². The molecule has 0 bridgehead atoms. The maximum absolute atomic E-state index is 11.0. The van der Waals surface area contributed by atoms with E-state index >= 15 is 0 Å². The number of hydrogen-bond acceptors (Lipinski definition) is 2. The minimum absolute atomic E-state index is 0.00893. The normalized spacial score (nSPS) is 22.6. The molecule has 0 aromatic heterocycles. The van der Waals surface area contributed by atoms with Crippen molar-refractivity contribution in [2.75, 3.05) is 0 Å². The molecule has 1 saturated heterocycles. The van der Waals surface area contributed by atoms with Crippen LogP contribution < -0.4 is 0 Å². The maximum atomic E-state index is 11.0. The van der Waals surface area contributed by atoms with E-state index in [9.17, 15) is 4.79 Å². The highest BCUT2D eigenvalue weighted by atomic mass is 16.5. The summed E-state index contributed by atoms with van der Waals surface area (Å²) in [7, 11) is 0. The van der Waals surface area contributed by atoms with E-state index in [0.717, 1.165) is 38.5 Å². The Balaban J connectivity index is 2.05. The zero-order chi connectivity index (χ0) is 10.2. The fraction of sp³-hybridized carbons (Fsp3) is 0.750. The minimum Gasteiger partial charge on any atom is -0.462 e. The quantitative estimate of drug-likeness (QED) is 0.383. The first-order valence-corrected chi connectivity index (χ1v) is 5.67.